The number of primary amides is 1. The smallest absolute Gasteiger partial charge is 0.295 e. The highest BCUT2D eigenvalue weighted by atomic mass is 16.3. The highest BCUT2D eigenvalue weighted by molar-refractivity contribution is 6.45. The van der Waals surface area contributed by atoms with Crippen molar-refractivity contribution in [2.75, 3.05) is 25.0 Å². The molecule has 3 aromatic rings. The van der Waals surface area contributed by atoms with Crippen LogP contribution in [0.3, 0.4) is 0 Å². The van der Waals surface area contributed by atoms with Crippen LogP contribution in [0.25, 0.3) is 10.9 Å². The van der Waals surface area contributed by atoms with Crippen molar-refractivity contribution >= 4 is 46.0 Å². The van der Waals surface area contributed by atoms with Crippen LogP contribution in [0, 0.1) is 0 Å². The predicted molar refractivity (Wildman–Crippen MR) is 138 cm³/mol. The molecule has 0 saturated carbocycles. The quantitative estimate of drug-likeness (QED) is 0.211. The van der Waals surface area contributed by atoms with E-state index in [0.29, 0.717) is 23.0 Å². The van der Waals surface area contributed by atoms with Crippen LogP contribution in [0.15, 0.2) is 54.7 Å². The maximum atomic E-state index is 13.2. The number of fused-ring (bicyclic) bond motifs is 1. The van der Waals surface area contributed by atoms with E-state index in [1.165, 1.54) is 17.2 Å². The molecule has 12 nitrogen and oxygen atoms in total. The van der Waals surface area contributed by atoms with Gasteiger partial charge in [0.1, 0.15) is 6.04 Å². The Morgan fingerprint density at radius 2 is 1.76 bits per heavy atom. The number of nitrogens with one attached hydrogen (secondary N) is 2. The molecule has 4 rings (SSSR count). The van der Waals surface area contributed by atoms with E-state index < -0.39 is 35.7 Å². The number of piperazine rings is 1. The lowest BCUT2D eigenvalue weighted by atomic mass is 10.1. The molecule has 0 bridgehead atoms. The molecule has 1 aromatic heterocycles. The SMILES string of the molecule is C[C@@H]1CN(C(=O)c2ccccc2)CCN1C(=O)C(=O)c1c[nH]c2c(NC(=O)C(N)C(O)C(N)=O)cccc12. The minimum Gasteiger partial charge on any atom is -0.381 e. The minimum atomic E-state index is -1.88. The third-order valence-electron chi connectivity index (χ3n) is 6.54. The number of carbonyl (C=O) groups excluding carboxylic acids is 5. The Hall–Kier alpha value is -4.55. The number of amides is 4. The monoisotopic (exact) mass is 520 g/mol. The topological polar surface area (TPSA) is 192 Å². The summed E-state index contributed by atoms with van der Waals surface area (Å²) in [5.74, 6) is -3.58. The number of nitrogens with two attached hydrogens (primary N) is 2. The second kappa shape index (κ2) is 10.8. The maximum absolute atomic E-state index is 13.2. The number of hydrogen-bond acceptors (Lipinski definition) is 7. The molecule has 2 aromatic carbocycles. The van der Waals surface area contributed by atoms with Gasteiger partial charge in [0.15, 0.2) is 6.10 Å². The number of hydrogen-bond donors (Lipinski definition) is 5. The van der Waals surface area contributed by atoms with Crippen molar-refractivity contribution in [1.82, 2.24) is 14.8 Å². The number of ketones is 1. The first-order valence-corrected chi connectivity index (χ1v) is 11.9. The molecule has 1 aliphatic heterocycles. The number of para-hydroxylation sites is 1. The molecule has 38 heavy (non-hydrogen) atoms. The van der Waals surface area contributed by atoms with E-state index in [1.807, 2.05) is 6.07 Å². The molecule has 0 aliphatic carbocycles. The molecule has 2 unspecified atom stereocenters. The van der Waals surface area contributed by atoms with Crippen LogP contribution in [0.5, 0.6) is 0 Å². The molecular formula is C26H28N6O6. The lowest BCUT2D eigenvalue weighted by Crippen LogP contribution is -2.56. The van der Waals surface area contributed by atoms with Gasteiger partial charge in [-0.05, 0) is 25.1 Å². The second-order valence-electron chi connectivity index (χ2n) is 9.09. The highest BCUT2D eigenvalue weighted by Gasteiger charge is 2.34. The summed E-state index contributed by atoms with van der Waals surface area (Å²) < 4.78 is 0. The van der Waals surface area contributed by atoms with Gasteiger partial charge in [0.2, 0.25) is 11.8 Å². The molecule has 2 heterocycles. The fraction of sp³-hybridized carbons (Fsp3) is 0.269. The van der Waals surface area contributed by atoms with Crippen molar-refractivity contribution in [3.8, 4) is 0 Å². The first-order chi connectivity index (χ1) is 18.1. The number of nitrogens with zero attached hydrogens (tertiary/aromatic N) is 2. The van der Waals surface area contributed by atoms with E-state index in [1.54, 1.807) is 48.2 Å². The largest absolute Gasteiger partial charge is 0.381 e. The Morgan fingerprint density at radius 1 is 1.05 bits per heavy atom. The van der Waals surface area contributed by atoms with E-state index >= 15 is 0 Å². The molecule has 4 amide bonds. The standard InChI is InChI=1S/C26H28N6O6/c1-14-13-31(25(37)15-6-3-2-4-7-15)10-11-32(14)26(38)21(33)17-12-29-20-16(17)8-5-9-18(20)30-24(36)19(27)22(34)23(28)35/h2-9,12,14,19,22,29,34H,10-11,13,27H2,1H3,(H2,28,35)(H,30,36)/t14-,19?,22?/m1/s1. The average molecular weight is 521 g/mol. The van der Waals surface area contributed by atoms with Crippen molar-refractivity contribution in [3.63, 3.8) is 0 Å². The molecule has 198 valence electrons. The Bertz CT molecular complexity index is 1400. The fourth-order valence-corrected chi connectivity index (χ4v) is 4.44. The number of aromatic nitrogens is 1. The minimum absolute atomic E-state index is 0.109. The first-order valence-electron chi connectivity index (χ1n) is 11.9. The van der Waals surface area contributed by atoms with Crippen LogP contribution in [0.2, 0.25) is 0 Å². The Labute approximate surface area is 217 Å². The number of carbonyl (C=O) groups is 5. The van der Waals surface area contributed by atoms with E-state index in [4.69, 9.17) is 11.5 Å². The zero-order chi connectivity index (χ0) is 27.6. The summed E-state index contributed by atoms with van der Waals surface area (Å²) in [5.41, 5.74) is 11.8. The third-order valence-corrected chi connectivity index (χ3v) is 6.54. The summed E-state index contributed by atoms with van der Waals surface area (Å²) in [7, 11) is 0. The molecule has 0 spiro atoms. The van der Waals surface area contributed by atoms with Crippen LogP contribution >= 0.6 is 0 Å². The summed E-state index contributed by atoms with van der Waals surface area (Å²) >= 11 is 0. The number of H-pyrrole nitrogens is 1. The zero-order valence-corrected chi connectivity index (χ0v) is 20.6. The van der Waals surface area contributed by atoms with E-state index in [0.717, 1.165) is 0 Å². The molecule has 1 saturated heterocycles. The van der Waals surface area contributed by atoms with Crippen molar-refractivity contribution in [2.45, 2.75) is 25.1 Å². The molecule has 1 fully saturated rings. The van der Waals surface area contributed by atoms with E-state index in [2.05, 4.69) is 10.3 Å². The molecule has 3 atom stereocenters. The molecule has 1 aliphatic rings. The number of rotatable bonds is 7. The Balaban J connectivity index is 1.48. The lowest BCUT2D eigenvalue weighted by molar-refractivity contribution is -0.131. The normalized spacial score (nSPS) is 17.1. The average Bonchev–Trinajstić information content (AvgIpc) is 3.36. The van der Waals surface area contributed by atoms with Crippen LogP contribution in [0.4, 0.5) is 5.69 Å². The van der Waals surface area contributed by atoms with Gasteiger partial charge >= 0.3 is 0 Å². The number of anilines is 1. The van der Waals surface area contributed by atoms with Gasteiger partial charge in [0.25, 0.3) is 17.6 Å². The predicted octanol–water partition coefficient (Wildman–Crippen LogP) is -0.164. The molecular weight excluding hydrogens is 492 g/mol. The first kappa shape index (κ1) is 26.5. The number of aromatic amines is 1. The zero-order valence-electron chi connectivity index (χ0n) is 20.6. The second-order valence-corrected chi connectivity index (χ2v) is 9.09. The summed E-state index contributed by atoms with van der Waals surface area (Å²) in [6, 6.07) is 11.6. The van der Waals surface area contributed by atoms with Crippen molar-refractivity contribution in [2.24, 2.45) is 11.5 Å². The number of benzene rings is 2. The third kappa shape index (κ3) is 5.12. The maximum Gasteiger partial charge on any atom is 0.295 e. The Kier molecular flexibility index (Phi) is 7.55. The van der Waals surface area contributed by atoms with Gasteiger partial charge in [-0.2, -0.15) is 0 Å². The summed E-state index contributed by atoms with van der Waals surface area (Å²) in [5, 5.41) is 12.5. The van der Waals surface area contributed by atoms with Gasteiger partial charge in [-0.15, -0.1) is 0 Å². The van der Waals surface area contributed by atoms with Crippen LogP contribution < -0.4 is 16.8 Å². The number of aliphatic hydroxyl groups is 1. The van der Waals surface area contributed by atoms with Gasteiger partial charge in [-0.25, -0.2) is 0 Å². The number of Topliss-reactive ketones (excluding diaryl/α,β-unsaturated/α-hetero) is 1. The Morgan fingerprint density at radius 3 is 2.42 bits per heavy atom. The van der Waals surface area contributed by atoms with Crippen molar-refractivity contribution in [3.05, 3.63) is 65.9 Å². The van der Waals surface area contributed by atoms with Gasteiger partial charge in [0, 0.05) is 42.8 Å². The van der Waals surface area contributed by atoms with Crippen LogP contribution in [0.1, 0.15) is 27.6 Å². The fourth-order valence-electron chi connectivity index (χ4n) is 4.44. The van der Waals surface area contributed by atoms with Crippen molar-refractivity contribution < 1.29 is 29.1 Å². The van der Waals surface area contributed by atoms with Crippen LogP contribution in [-0.4, -0.2) is 87.1 Å². The lowest BCUT2D eigenvalue weighted by Gasteiger charge is -2.39. The van der Waals surface area contributed by atoms with Crippen LogP contribution in [-0.2, 0) is 14.4 Å². The summed E-state index contributed by atoms with van der Waals surface area (Å²) in [6.45, 7) is 2.56. The molecule has 7 N–H and O–H groups in total. The van der Waals surface area contributed by atoms with Gasteiger partial charge < -0.3 is 36.7 Å². The number of aliphatic hydroxyl groups excluding tert-OH is 1. The van der Waals surface area contributed by atoms with Gasteiger partial charge in [-0.1, -0.05) is 30.3 Å². The van der Waals surface area contributed by atoms with Gasteiger partial charge in [0.05, 0.1) is 16.8 Å². The van der Waals surface area contributed by atoms with Gasteiger partial charge in [-0.3, -0.25) is 24.0 Å². The van der Waals surface area contributed by atoms with E-state index in [9.17, 15) is 29.1 Å². The summed E-state index contributed by atoms with van der Waals surface area (Å²) in [4.78, 5) is 68.7. The summed E-state index contributed by atoms with van der Waals surface area (Å²) in [6.07, 6.45) is -0.503. The highest BCUT2D eigenvalue weighted by Crippen LogP contribution is 2.27. The van der Waals surface area contributed by atoms with E-state index in [-0.39, 0.29) is 36.3 Å². The molecule has 0 radical (unpaired) electrons. The molecule has 12 heteroatoms. The van der Waals surface area contributed by atoms with Crippen molar-refractivity contribution in [1.29, 1.82) is 0 Å².